The lowest BCUT2D eigenvalue weighted by Crippen LogP contribution is -2.08. The molecule has 0 aliphatic carbocycles. The van der Waals surface area contributed by atoms with E-state index in [0.717, 1.165) is 10.9 Å². The van der Waals surface area contributed by atoms with Gasteiger partial charge in [-0.15, -0.1) is 0 Å². The highest BCUT2D eigenvalue weighted by molar-refractivity contribution is 5.90. The third-order valence-electron chi connectivity index (χ3n) is 3.35. The summed E-state index contributed by atoms with van der Waals surface area (Å²) in [7, 11) is 0. The number of aromatic nitrogens is 2. The lowest BCUT2D eigenvalue weighted by Gasteiger charge is -2.12. The summed E-state index contributed by atoms with van der Waals surface area (Å²) in [4.78, 5) is 8.85. The summed E-state index contributed by atoms with van der Waals surface area (Å²) in [5, 5.41) is 15.9. The highest BCUT2D eigenvalue weighted by Gasteiger charge is 2.09. The van der Waals surface area contributed by atoms with Crippen molar-refractivity contribution in [2.75, 3.05) is 23.8 Å². The number of aliphatic hydroxyl groups excluding tert-OH is 1. The maximum Gasteiger partial charge on any atom is 0.229 e. The van der Waals surface area contributed by atoms with Crippen LogP contribution < -0.4 is 10.6 Å². The van der Waals surface area contributed by atoms with E-state index >= 15 is 0 Å². The Morgan fingerprint density at radius 3 is 2.61 bits per heavy atom. The van der Waals surface area contributed by atoms with E-state index in [1.807, 2.05) is 24.3 Å². The van der Waals surface area contributed by atoms with Crippen molar-refractivity contribution in [3.8, 4) is 0 Å². The number of rotatable bonds is 6. The van der Waals surface area contributed by atoms with Crippen LogP contribution in [0.2, 0.25) is 0 Å². The molecule has 6 heteroatoms. The molecule has 118 valence electrons. The Morgan fingerprint density at radius 2 is 1.78 bits per heavy atom. The van der Waals surface area contributed by atoms with Gasteiger partial charge in [0.15, 0.2) is 0 Å². The maximum atomic E-state index is 13.8. The Hall–Kier alpha value is -2.73. The van der Waals surface area contributed by atoms with Crippen LogP contribution in [0.15, 0.2) is 48.5 Å². The number of hydrogen-bond acceptors (Lipinski definition) is 5. The third-order valence-corrected chi connectivity index (χ3v) is 3.35. The lowest BCUT2D eigenvalue weighted by atomic mass is 10.2. The van der Waals surface area contributed by atoms with Crippen LogP contribution >= 0.6 is 0 Å². The second-order valence-corrected chi connectivity index (χ2v) is 5.02. The van der Waals surface area contributed by atoms with Gasteiger partial charge in [-0.05, 0) is 30.7 Å². The Morgan fingerprint density at radius 1 is 1.00 bits per heavy atom. The van der Waals surface area contributed by atoms with E-state index in [1.165, 1.54) is 6.07 Å². The summed E-state index contributed by atoms with van der Waals surface area (Å²) in [6, 6.07) is 14.0. The average molecular weight is 312 g/mol. The molecule has 3 aromatic rings. The van der Waals surface area contributed by atoms with Crippen LogP contribution in [0.5, 0.6) is 0 Å². The Kier molecular flexibility index (Phi) is 4.63. The Bertz CT molecular complexity index is 809. The first-order chi connectivity index (χ1) is 11.3. The van der Waals surface area contributed by atoms with Crippen molar-refractivity contribution in [1.82, 2.24) is 9.97 Å². The minimum absolute atomic E-state index is 0.107. The van der Waals surface area contributed by atoms with Gasteiger partial charge in [-0.25, -0.2) is 9.37 Å². The zero-order valence-electron chi connectivity index (χ0n) is 12.5. The van der Waals surface area contributed by atoms with Crippen LogP contribution in [-0.4, -0.2) is 28.2 Å². The molecule has 0 saturated heterocycles. The number of hydrogen-bond donors (Lipinski definition) is 3. The van der Waals surface area contributed by atoms with Crippen molar-refractivity contribution < 1.29 is 9.50 Å². The zero-order chi connectivity index (χ0) is 16.1. The molecule has 3 rings (SSSR count). The lowest BCUT2D eigenvalue weighted by molar-refractivity contribution is 0.292. The molecule has 0 amide bonds. The number of nitrogens with zero attached hydrogens (tertiary/aromatic N) is 2. The molecule has 1 heterocycles. The van der Waals surface area contributed by atoms with Crippen LogP contribution in [0, 0.1) is 5.82 Å². The summed E-state index contributed by atoms with van der Waals surface area (Å²) >= 11 is 0. The molecule has 0 saturated carbocycles. The van der Waals surface area contributed by atoms with Gasteiger partial charge in [0.1, 0.15) is 11.6 Å². The van der Waals surface area contributed by atoms with Gasteiger partial charge in [0, 0.05) is 18.5 Å². The van der Waals surface area contributed by atoms with Gasteiger partial charge in [-0.2, -0.15) is 4.98 Å². The summed E-state index contributed by atoms with van der Waals surface area (Å²) in [6.45, 7) is 0.701. The van der Waals surface area contributed by atoms with Gasteiger partial charge in [0.25, 0.3) is 0 Å². The molecule has 0 fully saturated rings. The van der Waals surface area contributed by atoms with Gasteiger partial charge < -0.3 is 15.7 Å². The maximum absolute atomic E-state index is 13.8. The number of halogens is 1. The minimum atomic E-state index is -0.362. The summed E-state index contributed by atoms with van der Waals surface area (Å²) in [5.41, 5.74) is 1.08. The highest BCUT2D eigenvalue weighted by Crippen LogP contribution is 2.24. The highest BCUT2D eigenvalue weighted by atomic mass is 19.1. The molecule has 0 unspecified atom stereocenters. The molecule has 0 atom stereocenters. The molecule has 23 heavy (non-hydrogen) atoms. The largest absolute Gasteiger partial charge is 0.396 e. The molecule has 5 nitrogen and oxygen atoms in total. The number of fused-ring (bicyclic) bond motifs is 1. The van der Waals surface area contributed by atoms with Gasteiger partial charge in [0.2, 0.25) is 5.95 Å². The Labute approximate surface area is 133 Å². The number of benzene rings is 2. The van der Waals surface area contributed by atoms with Gasteiger partial charge >= 0.3 is 0 Å². The van der Waals surface area contributed by atoms with Crippen LogP contribution in [0.1, 0.15) is 6.42 Å². The van der Waals surface area contributed by atoms with E-state index in [-0.39, 0.29) is 12.4 Å². The van der Waals surface area contributed by atoms with E-state index in [2.05, 4.69) is 20.6 Å². The zero-order valence-corrected chi connectivity index (χ0v) is 12.5. The number of aliphatic hydroxyl groups is 1. The minimum Gasteiger partial charge on any atom is -0.396 e. The molecular weight excluding hydrogens is 295 g/mol. The standard InChI is InChI=1S/C17H17FN4O/c18-13-7-2-4-9-15(13)21-17-20-14-8-3-1-6-12(14)16(22-17)19-10-5-11-23/h1-4,6-9,23H,5,10-11H2,(H2,19,20,21,22). The first-order valence-electron chi connectivity index (χ1n) is 7.41. The quantitative estimate of drug-likeness (QED) is 0.609. The summed E-state index contributed by atoms with van der Waals surface area (Å²) < 4.78 is 13.8. The van der Waals surface area contributed by atoms with Crippen molar-refractivity contribution >= 4 is 28.4 Å². The van der Waals surface area contributed by atoms with Crippen molar-refractivity contribution in [2.45, 2.75) is 6.42 Å². The van der Waals surface area contributed by atoms with Crippen LogP contribution in [0.4, 0.5) is 21.8 Å². The van der Waals surface area contributed by atoms with Crippen molar-refractivity contribution in [3.05, 3.63) is 54.3 Å². The molecule has 3 N–H and O–H groups in total. The second-order valence-electron chi connectivity index (χ2n) is 5.02. The van der Waals surface area contributed by atoms with Gasteiger partial charge in [-0.1, -0.05) is 24.3 Å². The average Bonchev–Trinajstić information content (AvgIpc) is 2.57. The van der Waals surface area contributed by atoms with Gasteiger partial charge in [-0.3, -0.25) is 0 Å². The molecule has 0 bridgehead atoms. The fourth-order valence-electron chi connectivity index (χ4n) is 2.24. The topological polar surface area (TPSA) is 70.1 Å². The molecular formula is C17H17FN4O. The first kappa shape index (κ1) is 15.2. The Balaban J connectivity index is 1.95. The fraction of sp³-hybridized carbons (Fsp3) is 0.176. The number of anilines is 3. The summed E-state index contributed by atoms with van der Waals surface area (Å²) in [5.74, 6) is 0.613. The van der Waals surface area contributed by atoms with Crippen molar-refractivity contribution in [3.63, 3.8) is 0 Å². The number of para-hydroxylation sites is 2. The van der Waals surface area contributed by atoms with Crippen LogP contribution in [0.25, 0.3) is 10.9 Å². The van der Waals surface area contributed by atoms with Gasteiger partial charge in [0.05, 0.1) is 11.2 Å². The van der Waals surface area contributed by atoms with Crippen molar-refractivity contribution in [2.24, 2.45) is 0 Å². The van der Waals surface area contributed by atoms with Crippen LogP contribution in [-0.2, 0) is 0 Å². The fourth-order valence-corrected chi connectivity index (χ4v) is 2.24. The number of nitrogens with one attached hydrogen (secondary N) is 2. The predicted octanol–water partition coefficient (Wildman–Crippen LogP) is 3.31. The van der Waals surface area contributed by atoms with Crippen LogP contribution in [0.3, 0.4) is 0 Å². The normalized spacial score (nSPS) is 10.7. The monoisotopic (exact) mass is 312 g/mol. The molecule has 0 spiro atoms. The SMILES string of the molecule is OCCCNc1nc(Nc2ccccc2F)nc2ccccc12. The smallest absolute Gasteiger partial charge is 0.229 e. The van der Waals surface area contributed by atoms with E-state index < -0.39 is 0 Å². The second kappa shape index (κ2) is 7.02. The predicted molar refractivity (Wildman–Crippen MR) is 89.4 cm³/mol. The third kappa shape index (κ3) is 3.54. The van der Waals surface area contributed by atoms with Crippen molar-refractivity contribution in [1.29, 1.82) is 0 Å². The molecule has 0 aliphatic heterocycles. The molecule has 1 aromatic heterocycles. The molecule has 0 aliphatic rings. The first-order valence-corrected chi connectivity index (χ1v) is 7.41. The molecule has 2 aromatic carbocycles. The van der Waals surface area contributed by atoms with E-state index in [1.54, 1.807) is 18.2 Å². The van der Waals surface area contributed by atoms with E-state index in [9.17, 15) is 4.39 Å². The van der Waals surface area contributed by atoms with E-state index in [4.69, 9.17) is 5.11 Å². The molecule has 0 radical (unpaired) electrons. The summed E-state index contributed by atoms with van der Waals surface area (Å²) in [6.07, 6.45) is 0.619. The van der Waals surface area contributed by atoms with E-state index in [0.29, 0.717) is 30.4 Å².